The molecule has 7 nitrogen and oxygen atoms in total. The summed E-state index contributed by atoms with van der Waals surface area (Å²) in [6, 6.07) is 1.74. The second-order valence-electron chi connectivity index (χ2n) is 9.82. The molecule has 0 aromatic carbocycles. The number of amides is 2. The van der Waals surface area contributed by atoms with E-state index in [-0.39, 0.29) is 16.7 Å². The van der Waals surface area contributed by atoms with Crippen molar-refractivity contribution < 1.29 is 9.59 Å². The van der Waals surface area contributed by atoms with Gasteiger partial charge in [-0.3, -0.25) is 9.59 Å². The smallest absolute Gasteiger partial charge is 0.255 e. The van der Waals surface area contributed by atoms with Crippen LogP contribution in [0.2, 0.25) is 0 Å². The van der Waals surface area contributed by atoms with E-state index in [1.807, 2.05) is 4.90 Å². The molecule has 0 unspecified atom stereocenters. The van der Waals surface area contributed by atoms with Crippen LogP contribution in [-0.4, -0.2) is 82.5 Å². The van der Waals surface area contributed by atoms with Crippen LogP contribution in [0.3, 0.4) is 0 Å². The van der Waals surface area contributed by atoms with E-state index in [4.69, 9.17) is 0 Å². The van der Waals surface area contributed by atoms with Crippen molar-refractivity contribution in [2.24, 2.45) is 16.7 Å². The summed E-state index contributed by atoms with van der Waals surface area (Å²) in [6.45, 7) is 8.63. The highest BCUT2D eigenvalue weighted by Gasteiger charge is 2.64. The van der Waals surface area contributed by atoms with Crippen LogP contribution in [0.25, 0.3) is 0 Å². The van der Waals surface area contributed by atoms with Crippen molar-refractivity contribution >= 4 is 11.8 Å². The van der Waals surface area contributed by atoms with Gasteiger partial charge >= 0.3 is 0 Å². The van der Waals surface area contributed by atoms with Crippen LogP contribution < -0.4 is 0 Å². The molecule has 7 heteroatoms. The van der Waals surface area contributed by atoms with E-state index in [1.54, 1.807) is 18.5 Å². The van der Waals surface area contributed by atoms with Crippen LogP contribution in [0, 0.1) is 16.7 Å². The van der Waals surface area contributed by atoms with E-state index in [2.05, 4.69) is 26.9 Å². The summed E-state index contributed by atoms with van der Waals surface area (Å²) in [5.74, 6) is 0.913. The van der Waals surface area contributed by atoms with E-state index >= 15 is 0 Å². The van der Waals surface area contributed by atoms with Gasteiger partial charge in [0.15, 0.2) is 0 Å². The number of nitrogens with zero attached hydrogens (tertiary/aromatic N) is 5. The van der Waals surface area contributed by atoms with Crippen molar-refractivity contribution in [3.8, 4) is 0 Å². The minimum atomic E-state index is -0.193. The minimum absolute atomic E-state index is 0.0544. The molecular formula is C23H33N5O2. The van der Waals surface area contributed by atoms with Crippen LogP contribution in [-0.2, 0) is 4.79 Å². The zero-order valence-corrected chi connectivity index (χ0v) is 18.1. The molecule has 5 rings (SSSR count). The first-order valence-corrected chi connectivity index (χ1v) is 11.7. The SMILES string of the molecule is CCN1C[C@H]2C3(CCN(C(=O)c4ccnnc4)CC3)CC[C@@]2(C(=O)N2CCCC2)C1. The maximum absolute atomic E-state index is 13.7. The molecule has 4 aliphatic rings. The van der Waals surface area contributed by atoms with Crippen LogP contribution in [0.1, 0.15) is 55.8 Å². The number of hydrogen-bond donors (Lipinski definition) is 0. The third kappa shape index (κ3) is 3.04. The summed E-state index contributed by atoms with van der Waals surface area (Å²) in [6.07, 6.45) is 9.60. The molecule has 1 spiro atoms. The highest BCUT2D eigenvalue weighted by molar-refractivity contribution is 5.93. The lowest BCUT2D eigenvalue weighted by Crippen LogP contribution is -2.50. The predicted octanol–water partition coefficient (Wildman–Crippen LogP) is 2.05. The standard InChI is InChI=1S/C23H33N5O2/c1-2-26-16-19-22(6-7-23(19,17-26)21(30)28-11-3-4-12-28)8-13-27(14-9-22)20(29)18-5-10-24-25-15-18/h5,10,15,19H,2-4,6-9,11-14,16-17H2,1H3/t19-,23+/m0/s1. The van der Waals surface area contributed by atoms with E-state index in [0.717, 1.165) is 84.3 Å². The molecule has 4 heterocycles. The number of hydrogen-bond acceptors (Lipinski definition) is 5. The van der Waals surface area contributed by atoms with E-state index in [9.17, 15) is 9.59 Å². The van der Waals surface area contributed by atoms with Gasteiger partial charge in [-0.25, -0.2) is 0 Å². The maximum atomic E-state index is 13.7. The molecule has 1 aromatic rings. The van der Waals surface area contributed by atoms with Gasteiger partial charge in [-0.1, -0.05) is 6.92 Å². The molecule has 30 heavy (non-hydrogen) atoms. The Morgan fingerprint density at radius 3 is 2.47 bits per heavy atom. The first-order valence-electron chi connectivity index (χ1n) is 11.7. The molecule has 0 N–H and O–H groups in total. The average molecular weight is 412 g/mol. The number of likely N-dealkylation sites (tertiary alicyclic amines) is 3. The quantitative estimate of drug-likeness (QED) is 0.761. The van der Waals surface area contributed by atoms with Gasteiger partial charge in [-0.15, -0.1) is 0 Å². The summed E-state index contributed by atoms with van der Waals surface area (Å²) >= 11 is 0. The highest BCUT2D eigenvalue weighted by Crippen LogP contribution is 2.62. The number of fused-ring (bicyclic) bond motifs is 2. The van der Waals surface area contributed by atoms with Crippen molar-refractivity contribution in [3.05, 3.63) is 24.0 Å². The van der Waals surface area contributed by atoms with Crippen molar-refractivity contribution in [1.29, 1.82) is 0 Å². The summed E-state index contributed by atoms with van der Waals surface area (Å²) in [5.41, 5.74) is 0.623. The molecule has 1 aromatic heterocycles. The van der Waals surface area contributed by atoms with E-state index in [1.165, 1.54) is 0 Å². The molecule has 162 valence electrons. The van der Waals surface area contributed by atoms with Crippen molar-refractivity contribution in [1.82, 2.24) is 24.9 Å². The normalized spacial score (nSPS) is 30.8. The lowest BCUT2D eigenvalue weighted by molar-refractivity contribution is -0.142. The van der Waals surface area contributed by atoms with E-state index in [0.29, 0.717) is 17.4 Å². The van der Waals surface area contributed by atoms with Gasteiger partial charge in [0, 0.05) is 39.3 Å². The van der Waals surface area contributed by atoms with Gasteiger partial charge in [-0.05, 0) is 62.5 Å². The number of carbonyl (C=O) groups excluding carboxylic acids is 2. The molecule has 2 atom stereocenters. The first-order chi connectivity index (χ1) is 14.6. The van der Waals surface area contributed by atoms with Gasteiger partial charge in [-0.2, -0.15) is 10.2 Å². The monoisotopic (exact) mass is 411 g/mol. The summed E-state index contributed by atoms with van der Waals surface area (Å²) < 4.78 is 0. The number of rotatable bonds is 3. The Bertz CT molecular complexity index is 801. The second kappa shape index (κ2) is 7.59. The molecule has 1 aliphatic carbocycles. The Morgan fingerprint density at radius 2 is 1.80 bits per heavy atom. The van der Waals surface area contributed by atoms with Crippen molar-refractivity contribution in [3.63, 3.8) is 0 Å². The Morgan fingerprint density at radius 1 is 1.03 bits per heavy atom. The van der Waals surface area contributed by atoms with Crippen LogP contribution in [0.4, 0.5) is 0 Å². The third-order valence-corrected chi connectivity index (χ3v) is 8.57. The van der Waals surface area contributed by atoms with Crippen molar-refractivity contribution in [2.75, 3.05) is 45.8 Å². The predicted molar refractivity (Wildman–Crippen MR) is 113 cm³/mol. The van der Waals surface area contributed by atoms with Crippen molar-refractivity contribution in [2.45, 2.75) is 45.4 Å². The van der Waals surface area contributed by atoms with Crippen LogP contribution >= 0.6 is 0 Å². The van der Waals surface area contributed by atoms with Crippen LogP contribution in [0.15, 0.2) is 18.5 Å². The fourth-order valence-corrected chi connectivity index (χ4v) is 6.84. The highest BCUT2D eigenvalue weighted by atomic mass is 16.2. The molecule has 3 saturated heterocycles. The molecule has 4 fully saturated rings. The molecule has 0 bridgehead atoms. The maximum Gasteiger partial charge on any atom is 0.255 e. The number of aromatic nitrogens is 2. The number of carbonyl (C=O) groups is 2. The molecule has 3 aliphatic heterocycles. The van der Waals surface area contributed by atoms with Gasteiger partial charge in [0.2, 0.25) is 5.91 Å². The minimum Gasteiger partial charge on any atom is -0.342 e. The average Bonchev–Trinajstić information content (AvgIpc) is 3.52. The summed E-state index contributed by atoms with van der Waals surface area (Å²) in [4.78, 5) is 33.2. The fourth-order valence-electron chi connectivity index (χ4n) is 6.84. The number of piperidine rings is 1. The lowest BCUT2D eigenvalue weighted by Gasteiger charge is -2.45. The Hall–Kier alpha value is -2.02. The summed E-state index contributed by atoms with van der Waals surface area (Å²) in [5, 5.41) is 7.63. The molecule has 1 saturated carbocycles. The van der Waals surface area contributed by atoms with E-state index < -0.39 is 0 Å². The van der Waals surface area contributed by atoms with Gasteiger partial charge < -0.3 is 14.7 Å². The largest absolute Gasteiger partial charge is 0.342 e. The zero-order chi connectivity index (χ0) is 20.8. The second-order valence-corrected chi connectivity index (χ2v) is 9.82. The molecule has 0 radical (unpaired) electrons. The van der Waals surface area contributed by atoms with Gasteiger partial charge in [0.1, 0.15) is 0 Å². The molecular weight excluding hydrogens is 378 g/mol. The third-order valence-electron chi connectivity index (χ3n) is 8.57. The zero-order valence-electron chi connectivity index (χ0n) is 18.1. The Balaban J connectivity index is 1.34. The van der Waals surface area contributed by atoms with Gasteiger partial charge in [0.25, 0.3) is 5.91 Å². The lowest BCUT2D eigenvalue weighted by atomic mass is 9.65. The molecule has 2 amide bonds. The topological polar surface area (TPSA) is 69.6 Å². The Labute approximate surface area is 178 Å². The summed E-state index contributed by atoms with van der Waals surface area (Å²) in [7, 11) is 0. The Kier molecular flexibility index (Phi) is 5.04. The van der Waals surface area contributed by atoms with Crippen LogP contribution in [0.5, 0.6) is 0 Å². The fraction of sp³-hybridized carbons (Fsp3) is 0.739. The van der Waals surface area contributed by atoms with Gasteiger partial charge in [0.05, 0.1) is 23.4 Å². The first kappa shape index (κ1) is 19.9.